The highest BCUT2D eigenvalue weighted by atomic mass is 16.1. The fourth-order valence-corrected chi connectivity index (χ4v) is 3.57. The number of hydrogen-bond donors (Lipinski definition) is 2. The van der Waals surface area contributed by atoms with Crippen LogP contribution in [0.3, 0.4) is 0 Å². The third kappa shape index (κ3) is 2.67. The van der Waals surface area contributed by atoms with Crippen molar-refractivity contribution in [3.8, 4) is 0 Å². The highest BCUT2D eigenvalue weighted by Crippen LogP contribution is 2.28. The van der Waals surface area contributed by atoms with Gasteiger partial charge in [0, 0.05) is 23.8 Å². The molecule has 0 radical (unpaired) electrons. The van der Waals surface area contributed by atoms with Crippen LogP contribution in [-0.2, 0) is 6.42 Å². The number of carbonyl (C=O) groups is 1. The Kier molecular flexibility index (Phi) is 3.95. The van der Waals surface area contributed by atoms with Crippen molar-refractivity contribution in [3.05, 3.63) is 29.3 Å². The Morgan fingerprint density at radius 3 is 3.05 bits per heavy atom. The standard InChI is InChI=1S/C17H24N2O/c1-2-12-5-3-4-6-15(12)19-17(20)14-8-7-13-9-10-18-16(13)11-14/h7-8,11-12,15,18H,2-6,9-10H2,1H3,(H,19,20). The predicted molar refractivity (Wildman–Crippen MR) is 82.1 cm³/mol. The van der Waals surface area contributed by atoms with E-state index in [1.807, 2.05) is 12.1 Å². The lowest BCUT2D eigenvalue weighted by molar-refractivity contribution is 0.0905. The summed E-state index contributed by atoms with van der Waals surface area (Å²) in [5.74, 6) is 0.743. The fourth-order valence-electron chi connectivity index (χ4n) is 3.57. The molecule has 1 saturated carbocycles. The molecule has 0 bridgehead atoms. The summed E-state index contributed by atoms with van der Waals surface area (Å²) in [4.78, 5) is 12.4. The smallest absolute Gasteiger partial charge is 0.251 e. The molecule has 2 N–H and O–H groups in total. The summed E-state index contributed by atoms with van der Waals surface area (Å²) < 4.78 is 0. The maximum absolute atomic E-state index is 12.4. The normalized spacial score (nSPS) is 24.9. The van der Waals surface area contributed by atoms with Crippen molar-refractivity contribution < 1.29 is 4.79 Å². The predicted octanol–water partition coefficient (Wildman–Crippen LogP) is 3.35. The lowest BCUT2D eigenvalue weighted by Crippen LogP contribution is -2.41. The van der Waals surface area contributed by atoms with Gasteiger partial charge in [-0.25, -0.2) is 0 Å². The van der Waals surface area contributed by atoms with Crippen molar-refractivity contribution in [1.29, 1.82) is 0 Å². The van der Waals surface area contributed by atoms with E-state index < -0.39 is 0 Å². The number of amides is 1. The van der Waals surface area contributed by atoms with Crippen LogP contribution in [0.2, 0.25) is 0 Å². The molecule has 2 unspecified atom stereocenters. The maximum atomic E-state index is 12.4. The number of benzene rings is 1. The van der Waals surface area contributed by atoms with Gasteiger partial charge in [0.15, 0.2) is 0 Å². The largest absolute Gasteiger partial charge is 0.384 e. The number of carbonyl (C=O) groups excluding carboxylic acids is 1. The Labute approximate surface area is 121 Å². The highest BCUT2D eigenvalue weighted by molar-refractivity contribution is 5.95. The summed E-state index contributed by atoms with van der Waals surface area (Å²) in [7, 11) is 0. The number of fused-ring (bicyclic) bond motifs is 1. The molecule has 1 heterocycles. The Morgan fingerprint density at radius 2 is 2.20 bits per heavy atom. The van der Waals surface area contributed by atoms with Gasteiger partial charge >= 0.3 is 0 Å². The minimum absolute atomic E-state index is 0.0897. The minimum Gasteiger partial charge on any atom is -0.384 e. The lowest BCUT2D eigenvalue weighted by Gasteiger charge is -2.31. The number of anilines is 1. The van der Waals surface area contributed by atoms with E-state index in [0.29, 0.717) is 12.0 Å². The summed E-state index contributed by atoms with van der Waals surface area (Å²) in [6, 6.07) is 6.41. The third-order valence-electron chi connectivity index (χ3n) is 4.83. The van der Waals surface area contributed by atoms with Crippen molar-refractivity contribution in [3.63, 3.8) is 0 Å². The van der Waals surface area contributed by atoms with Crippen LogP contribution < -0.4 is 10.6 Å². The van der Waals surface area contributed by atoms with Gasteiger partial charge in [-0.2, -0.15) is 0 Å². The average molecular weight is 272 g/mol. The topological polar surface area (TPSA) is 41.1 Å². The van der Waals surface area contributed by atoms with Gasteiger partial charge in [0.25, 0.3) is 5.91 Å². The van der Waals surface area contributed by atoms with Gasteiger partial charge in [-0.1, -0.05) is 32.3 Å². The van der Waals surface area contributed by atoms with E-state index in [9.17, 15) is 4.79 Å². The second-order valence-corrected chi connectivity index (χ2v) is 6.08. The van der Waals surface area contributed by atoms with Crippen molar-refractivity contribution >= 4 is 11.6 Å². The van der Waals surface area contributed by atoms with Crippen LogP contribution in [0.1, 0.15) is 54.9 Å². The first-order valence-corrected chi connectivity index (χ1v) is 7.95. The van der Waals surface area contributed by atoms with E-state index in [1.165, 1.54) is 24.8 Å². The molecule has 1 amide bonds. The molecule has 1 aromatic rings. The molecule has 2 atom stereocenters. The number of rotatable bonds is 3. The second-order valence-electron chi connectivity index (χ2n) is 6.08. The molecule has 0 saturated heterocycles. The molecule has 1 fully saturated rings. The van der Waals surface area contributed by atoms with Crippen LogP contribution in [-0.4, -0.2) is 18.5 Å². The van der Waals surface area contributed by atoms with E-state index in [0.717, 1.165) is 37.1 Å². The first-order chi connectivity index (χ1) is 9.78. The first-order valence-electron chi connectivity index (χ1n) is 7.95. The molecule has 1 aliphatic heterocycles. The number of hydrogen-bond acceptors (Lipinski definition) is 2. The van der Waals surface area contributed by atoms with Gasteiger partial charge in [0.05, 0.1) is 0 Å². The molecule has 3 heteroatoms. The van der Waals surface area contributed by atoms with Crippen molar-refractivity contribution in [1.82, 2.24) is 5.32 Å². The Morgan fingerprint density at radius 1 is 1.35 bits per heavy atom. The maximum Gasteiger partial charge on any atom is 0.251 e. The first kappa shape index (κ1) is 13.5. The van der Waals surface area contributed by atoms with E-state index >= 15 is 0 Å². The molecular formula is C17H24N2O. The molecule has 3 nitrogen and oxygen atoms in total. The van der Waals surface area contributed by atoms with Crippen LogP contribution in [0.25, 0.3) is 0 Å². The van der Waals surface area contributed by atoms with Gasteiger partial charge in [-0.05, 0) is 42.9 Å². The van der Waals surface area contributed by atoms with Gasteiger partial charge in [0.1, 0.15) is 0 Å². The minimum atomic E-state index is 0.0897. The molecule has 108 valence electrons. The molecular weight excluding hydrogens is 248 g/mol. The van der Waals surface area contributed by atoms with Crippen LogP contribution >= 0.6 is 0 Å². The van der Waals surface area contributed by atoms with Crippen LogP contribution in [0.15, 0.2) is 18.2 Å². The summed E-state index contributed by atoms with van der Waals surface area (Å²) in [6.45, 7) is 3.22. The van der Waals surface area contributed by atoms with Crippen molar-refractivity contribution in [2.75, 3.05) is 11.9 Å². The zero-order valence-corrected chi connectivity index (χ0v) is 12.2. The van der Waals surface area contributed by atoms with Crippen LogP contribution in [0.5, 0.6) is 0 Å². The average Bonchev–Trinajstić information content (AvgIpc) is 2.95. The quantitative estimate of drug-likeness (QED) is 0.886. The molecule has 3 rings (SSSR count). The SMILES string of the molecule is CCC1CCCCC1NC(=O)c1ccc2c(c1)NCC2. The Hall–Kier alpha value is -1.51. The molecule has 0 aromatic heterocycles. The summed E-state index contributed by atoms with van der Waals surface area (Å²) in [5, 5.41) is 6.60. The van der Waals surface area contributed by atoms with Crippen LogP contribution in [0.4, 0.5) is 5.69 Å². The third-order valence-corrected chi connectivity index (χ3v) is 4.83. The second kappa shape index (κ2) is 5.86. The van der Waals surface area contributed by atoms with E-state index in [1.54, 1.807) is 0 Å². The van der Waals surface area contributed by atoms with Crippen molar-refractivity contribution in [2.24, 2.45) is 5.92 Å². The van der Waals surface area contributed by atoms with E-state index in [4.69, 9.17) is 0 Å². The van der Waals surface area contributed by atoms with Gasteiger partial charge in [-0.3, -0.25) is 4.79 Å². The zero-order chi connectivity index (χ0) is 13.9. The van der Waals surface area contributed by atoms with Crippen LogP contribution in [0, 0.1) is 5.92 Å². The molecule has 2 aliphatic rings. The zero-order valence-electron chi connectivity index (χ0n) is 12.2. The number of nitrogens with one attached hydrogen (secondary N) is 2. The van der Waals surface area contributed by atoms with Crippen molar-refractivity contribution in [2.45, 2.75) is 51.5 Å². The van der Waals surface area contributed by atoms with E-state index in [-0.39, 0.29) is 5.91 Å². The molecule has 1 aliphatic carbocycles. The van der Waals surface area contributed by atoms with Gasteiger partial charge < -0.3 is 10.6 Å². The molecule has 0 spiro atoms. The van der Waals surface area contributed by atoms with Gasteiger partial charge in [0.2, 0.25) is 0 Å². The highest BCUT2D eigenvalue weighted by Gasteiger charge is 2.25. The molecule has 1 aromatic carbocycles. The Balaban J connectivity index is 1.69. The summed E-state index contributed by atoms with van der Waals surface area (Å²) >= 11 is 0. The molecule has 20 heavy (non-hydrogen) atoms. The van der Waals surface area contributed by atoms with Gasteiger partial charge in [-0.15, -0.1) is 0 Å². The Bertz CT molecular complexity index is 498. The monoisotopic (exact) mass is 272 g/mol. The summed E-state index contributed by atoms with van der Waals surface area (Å²) in [5.41, 5.74) is 3.25. The van der Waals surface area contributed by atoms with E-state index in [2.05, 4.69) is 23.6 Å². The fraction of sp³-hybridized carbons (Fsp3) is 0.588. The summed E-state index contributed by atoms with van der Waals surface area (Å²) in [6.07, 6.45) is 7.18. The lowest BCUT2D eigenvalue weighted by atomic mass is 9.83.